The molecule has 1 amide bonds. The van der Waals surface area contributed by atoms with Gasteiger partial charge < -0.3 is 11.5 Å². The number of carbonyl (C=O) groups excluding carboxylic acids is 1. The Kier molecular flexibility index (Phi) is 4.00. The number of amides is 1. The summed E-state index contributed by atoms with van der Waals surface area (Å²) in [5, 5.41) is -1.12. The van der Waals surface area contributed by atoms with Crippen LogP contribution in [0.3, 0.4) is 0 Å². The summed E-state index contributed by atoms with van der Waals surface area (Å²) < 4.78 is 24.1. The minimum atomic E-state index is -3.80. The predicted molar refractivity (Wildman–Crippen MR) is 66.3 cm³/mol. The van der Waals surface area contributed by atoms with Gasteiger partial charge in [0.1, 0.15) is 5.25 Å². The Morgan fingerprint density at radius 1 is 1.47 bits per heavy atom. The second kappa shape index (κ2) is 4.93. The first kappa shape index (κ1) is 13.8. The maximum Gasteiger partial charge on any atom is 0.236 e. The minimum Gasteiger partial charge on any atom is -0.398 e. The molecule has 0 heterocycles. The van der Waals surface area contributed by atoms with Crippen molar-refractivity contribution in [3.63, 3.8) is 0 Å². The molecule has 0 saturated carbocycles. The monoisotopic (exact) mass is 276 g/mol. The van der Waals surface area contributed by atoms with Crippen LogP contribution in [-0.4, -0.2) is 19.6 Å². The summed E-state index contributed by atoms with van der Waals surface area (Å²) in [6.45, 7) is 1.58. The molecule has 7 heteroatoms. The fraction of sp³-hybridized carbons (Fsp3) is 0.300. The zero-order chi connectivity index (χ0) is 13.2. The Morgan fingerprint density at radius 2 is 2.06 bits per heavy atom. The third-order valence-electron chi connectivity index (χ3n) is 2.36. The Labute approximate surface area is 105 Å². The molecule has 0 aliphatic carbocycles. The molecule has 1 aromatic carbocycles. The van der Waals surface area contributed by atoms with Crippen molar-refractivity contribution in [3.05, 3.63) is 23.2 Å². The van der Waals surface area contributed by atoms with E-state index in [1.165, 1.54) is 18.2 Å². The van der Waals surface area contributed by atoms with Crippen molar-refractivity contribution in [2.75, 3.05) is 5.73 Å². The summed E-state index contributed by atoms with van der Waals surface area (Å²) in [4.78, 5) is 11.0. The number of nitrogens with two attached hydrogens (primary N) is 2. The number of nitrogen functional groups attached to an aromatic ring is 1. The number of anilines is 1. The van der Waals surface area contributed by atoms with Gasteiger partial charge in [-0.25, -0.2) is 8.42 Å². The van der Waals surface area contributed by atoms with E-state index in [0.717, 1.165) is 0 Å². The van der Waals surface area contributed by atoms with Crippen LogP contribution in [0.25, 0.3) is 0 Å². The van der Waals surface area contributed by atoms with Crippen molar-refractivity contribution in [2.24, 2.45) is 5.73 Å². The van der Waals surface area contributed by atoms with E-state index in [9.17, 15) is 13.2 Å². The van der Waals surface area contributed by atoms with Gasteiger partial charge in [-0.15, -0.1) is 0 Å². The molecule has 94 valence electrons. The molecule has 0 aromatic heterocycles. The molecule has 0 bridgehead atoms. The average Bonchev–Trinajstić information content (AvgIpc) is 2.21. The number of sulfone groups is 1. The quantitative estimate of drug-likeness (QED) is 0.799. The Balaban J connectivity index is 3.30. The number of benzene rings is 1. The summed E-state index contributed by atoms with van der Waals surface area (Å²) >= 11 is 5.74. The smallest absolute Gasteiger partial charge is 0.236 e. The maximum absolute atomic E-state index is 12.1. The third kappa shape index (κ3) is 2.70. The molecule has 1 rings (SSSR count). The summed E-state index contributed by atoms with van der Waals surface area (Å²) in [7, 11) is -3.80. The van der Waals surface area contributed by atoms with Crippen LogP contribution in [-0.2, 0) is 14.6 Å². The number of hydrogen-bond donors (Lipinski definition) is 2. The molecule has 17 heavy (non-hydrogen) atoms. The van der Waals surface area contributed by atoms with Crippen LogP contribution in [0.5, 0.6) is 0 Å². The van der Waals surface area contributed by atoms with Gasteiger partial charge in [0.05, 0.1) is 15.6 Å². The highest BCUT2D eigenvalue weighted by Crippen LogP contribution is 2.25. The lowest BCUT2D eigenvalue weighted by Gasteiger charge is -2.12. The van der Waals surface area contributed by atoms with Gasteiger partial charge in [0, 0.05) is 0 Å². The number of halogens is 1. The summed E-state index contributed by atoms with van der Waals surface area (Å²) in [6.07, 6.45) is 0.111. The van der Waals surface area contributed by atoms with E-state index in [4.69, 9.17) is 23.1 Å². The van der Waals surface area contributed by atoms with E-state index >= 15 is 0 Å². The van der Waals surface area contributed by atoms with Crippen LogP contribution in [0.2, 0.25) is 5.02 Å². The van der Waals surface area contributed by atoms with Crippen molar-refractivity contribution in [2.45, 2.75) is 23.5 Å². The van der Waals surface area contributed by atoms with Gasteiger partial charge in [0.2, 0.25) is 5.91 Å². The highest BCUT2D eigenvalue weighted by Gasteiger charge is 2.30. The second-order valence-electron chi connectivity index (χ2n) is 3.53. The van der Waals surface area contributed by atoms with E-state index in [2.05, 4.69) is 0 Å². The minimum absolute atomic E-state index is 0.0534. The molecule has 4 N–H and O–H groups in total. The summed E-state index contributed by atoms with van der Waals surface area (Å²) in [5.74, 6) is -0.875. The van der Waals surface area contributed by atoms with Crippen molar-refractivity contribution < 1.29 is 13.2 Å². The van der Waals surface area contributed by atoms with Gasteiger partial charge in [-0.2, -0.15) is 0 Å². The summed E-state index contributed by atoms with van der Waals surface area (Å²) in [6, 6.07) is 3.91. The Bertz CT molecular complexity index is 542. The van der Waals surface area contributed by atoms with Crippen LogP contribution in [0.4, 0.5) is 5.69 Å². The standard InChI is InChI=1S/C10H13ClN2O3S/c1-2-9(10(13)14)17(15,16)6-3-4-8(12)7(11)5-6/h3-5,9H,2,12H2,1H3,(H2,13,14). The number of primary amides is 1. The number of rotatable bonds is 4. The molecular formula is C10H13ClN2O3S. The Morgan fingerprint density at radius 3 is 2.47 bits per heavy atom. The first-order valence-corrected chi connectivity index (χ1v) is 6.81. The third-order valence-corrected chi connectivity index (χ3v) is 4.92. The Hall–Kier alpha value is -1.27. The molecule has 1 unspecified atom stereocenters. The van der Waals surface area contributed by atoms with Gasteiger partial charge in [-0.1, -0.05) is 18.5 Å². The molecule has 0 saturated heterocycles. The van der Waals surface area contributed by atoms with Crippen LogP contribution in [0.15, 0.2) is 23.1 Å². The van der Waals surface area contributed by atoms with Crippen molar-refractivity contribution in [3.8, 4) is 0 Å². The van der Waals surface area contributed by atoms with E-state index in [-0.39, 0.29) is 22.0 Å². The lowest BCUT2D eigenvalue weighted by atomic mass is 10.3. The second-order valence-corrected chi connectivity index (χ2v) is 6.07. The van der Waals surface area contributed by atoms with Gasteiger partial charge >= 0.3 is 0 Å². The van der Waals surface area contributed by atoms with Crippen molar-refractivity contribution in [1.82, 2.24) is 0 Å². The topological polar surface area (TPSA) is 103 Å². The van der Waals surface area contributed by atoms with E-state index in [0.29, 0.717) is 0 Å². The summed E-state index contributed by atoms with van der Waals surface area (Å²) in [5.41, 5.74) is 10.8. The van der Waals surface area contributed by atoms with Gasteiger partial charge in [-0.05, 0) is 24.6 Å². The van der Waals surface area contributed by atoms with Crippen LogP contribution in [0.1, 0.15) is 13.3 Å². The molecular weight excluding hydrogens is 264 g/mol. The molecule has 0 radical (unpaired) electrons. The highest BCUT2D eigenvalue weighted by atomic mass is 35.5. The van der Waals surface area contributed by atoms with Gasteiger partial charge in [-0.3, -0.25) is 4.79 Å². The number of carbonyl (C=O) groups is 1. The largest absolute Gasteiger partial charge is 0.398 e. The first-order chi connectivity index (χ1) is 7.80. The van der Waals surface area contributed by atoms with E-state index in [1.54, 1.807) is 6.92 Å². The fourth-order valence-electron chi connectivity index (χ4n) is 1.42. The molecule has 5 nitrogen and oxygen atoms in total. The fourth-order valence-corrected chi connectivity index (χ4v) is 3.28. The highest BCUT2D eigenvalue weighted by molar-refractivity contribution is 7.92. The van der Waals surface area contributed by atoms with Crippen molar-refractivity contribution >= 4 is 33.0 Å². The van der Waals surface area contributed by atoms with Crippen LogP contribution >= 0.6 is 11.6 Å². The molecule has 1 aromatic rings. The molecule has 0 spiro atoms. The molecule has 1 atom stereocenters. The maximum atomic E-state index is 12.1. The van der Waals surface area contributed by atoms with Gasteiger partial charge in [0.15, 0.2) is 9.84 Å². The normalized spacial score (nSPS) is 13.3. The zero-order valence-corrected chi connectivity index (χ0v) is 10.8. The van der Waals surface area contributed by atoms with Gasteiger partial charge in [0.25, 0.3) is 0 Å². The van der Waals surface area contributed by atoms with Crippen molar-refractivity contribution in [1.29, 1.82) is 0 Å². The predicted octanol–water partition coefficient (Wildman–Crippen LogP) is 0.960. The number of hydrogen-bond acceptors (Lipinski definition) is 4. The lowest BCUT2D eigenvalue weighted by Crippen LogP contribution is -2.35. The van der Waals surface area contributed by atoms with Crippen LogP contribution < -0.4 is 11.5 Å². The average molecular weight is 277 g/mol. The SMILES string of the molecule is CCC(C(N)=O)S(=O)(=O)c1ccc(N)c(Cl)c1. The lowest BCUT2D eigenvalue weighted by molar-refractivity contribution is -0.117. The molecule has 0 aliphatic heterocycles. The molecule has 0 fully saturated rings. The van der Waals surface area contributed by atoms with E-state index < -0.39 is 21.0 Å². The zero-order valence-electron chi connectivity index (χ0n) is 9.18. The first-order valence-electron chi connectivity index (χ1n) is 4.89. The van der Waals surface area contributed by atoms with Crippen LogP contribution in [0, 0.1) is 0 Å². The van der Waals surface area contributed by atoms with E-state index in [1.807, 2.05) is 0 Å². The molecule has 0 aliphatic rings.